The normalized spacial score (nSPS) is 16.6. The van der Waals surface area contributed by atoms with Crippen LogP contribution in [-0.2, 0) is 16.0 Å². The topological polar surface area (TPSA) is 79.5 Å². The monoisotopic (exact) mass is 324 g/mol. The average Bonchev–Trinajstić information content (AvgIpc) is 2.99. The third-order valence-electron chi connectivity index (χ3n) is 3.60. The van der Waals surface area contributed by atoms with E-state index in [1.54, 1.807) is 17.4 Å². The van der Waals surface area contributed by atoms with E-state index < -0.39 is 5.60 Å². The summed E-state index contributed by atoms with van der Waals surface area (Å²) < 4.78 is 11.3. The number of hydrogen-bond donors (Lipinski definition) is 2. The van der Waals surface area contributed by atoms with E-state index in [0.717, 1.165) is 31.6 Å². The van der Waals surface area contributed by atoms with Gasteiger partial charge in [-0.3, -0.25) is 0 Å². The van der Waals surface area contributed by atoms with Crippen LogP contribution in [0.2, 0.25) is 0 Å². The number of nitrogens with zero attached hydrogens (tertiary/aromatic N) is 2. The summed E-state index contributed by atoms with van der Waals surface area (Å²) in [4.78, 5) is 20.8. The van der Waals surface area contributed by atoms with Crippen LogP contribution in [0.3, 0.4) is 0 Å². The Morgan fingerprint density at radius 1 is 1.43 bits per heavy atom. The zero-order chi connectivity index (χ0) is 16.7. The van der Waals surface area contributed by atoms with E-state index in [-0.39, 0.29) is 12.2 Å². The SMILES string of the molecule is CC(C)(C)OC(=O)N1CCC(OCCNCc2cnc[nH]2)CC1. The van der Waals surface area contributed by atoms with Crippen molar-refractivity contribution in [1.29, 1.82) is 0 Å². The van der Waals surface area contributed by atoms with Crippen molar-refractivity contribution < 1.29 is 14.3 Å². The van der Waals surface area contributed by atoms with Crippen molar-refractivity contribution in [3.05, 3.63) is 18.2 Å². The molecule has 1 aromatic rings. The first-order valence-electron chi connectivity index (χ1n) is 8.21. The van der Waals surface area contributed by atoms with Crippen LogP contribution in [0, 0.1) is 0 Å². The van der Waals surface area contributed by atoms with Gasteiger partial charge in [0.05, 0.1) is 19.0 Å². The summed E-state index contributed by atoms with van der Waals surface area (Å²) in [6, 6.07) is 0. The number of aromatic amines is 1. The number of likely N-dealkylation sites (tertiary alicyclic amines) is 1. The summed E-state index contributed by atoms with van der Waals surface area (Å²) in [6.45, 7) is 9.28. The van der Waals surface area contributed by atoms with E-state index in [9.17, 15) is 4.79 Å². The van der Waals surface area contributed by atoms with Gasteiger partial charge in [0.25, 0.3) is 0 Å². The first kappa shape index (κ1) is 17.7. The van der Waals surface area contributed by atoms with Gasteiger partial charge in [0.2, 0.25) is 0 Å². The Morgan fingerprint density at radius 3 is 2.78 bits per heavy atom. The van der Waals surface area contributed by atoms with Crippen molar-refractivity contribution >= 4 is 6.09 Å². The van der Waals surface area contributed by atoms with Crippen LogP contribution in [0.1, 0.15) is 39.3 Å². The highest BCUT2D eigenvalue weighted by molar-refractivity contribution is 5.68. The van der Waals surface area contributed by atoms with Gasteiger partial charge in [0, 0.05) is 38.1 Å². The molecule has 1 amide bonds. The molecule has 1 fully saturated rings. The van der Waals surface area contributed by atoms with Crippen LogP contribution in [-0.4, -0.2) is 58.9 Å². The summed E-state index contributed by atoms with van der Waals surface area (Å²) in [5.74, 6) is 0. The van der Waals surface area contributed by atoms with Crippen LogP contribution in [0.4, 0.5) is 4.79 Å². The molecule has 1 aromatic heterocycles. The molecule has 1 saturated heterocycles. The number of nitrogens with one attached hydrogen (secondary N) is 2. The fourth-order valence-corrected chi connectivity index (χ4v) is 2.43. The van der Waals surface area contributed by atoms with Gasteiger partial charge >= 0.3 is 6.09 Å². The Hall–Kier alpha value is -1.60. The summed E-state index contributed by atoms with van der Waals surface area (Å²) in [7, 11) is 0. The zero-order valence-electron chi connectivity index (χ0n) is 14.3. The molecule has 0 saturated carbocycles. The molecule has 2 heterocycles. The maximum Gasteiger partial charge on any atom is 0.410 e. The molecule has 2 N–H and O–H groups in total. The minimum absolute atomic E-state index is 0.225. The summed E-state index contributed by atoms with van der Waals surface area (Å²) in [5, 5.41) is 3.30. The van der Waals surface area contributed by atoms with Gasteiger partial charge in [0.1, 0.15) is 5.60 Å². The molecule has 0 aromatic carbocycles. The minimum Gasteiger partial charge on any atom is -0.444 e. The number of amides is 1. The number of piperidine rings is 1. The maximum absolute atomic E-state index is 12.0. The standard InChI is InChI=1S/C16H28N4O3/c1-16(2,3)23-15(21)20-7-4-14(5-8-20)22-9-6-17-10-13-11-18-12-19-13/h11-12,14,17H,4-10H2,1-3H3,(H,18,19). The van der Waals surface area contributed by atoms with Gasteiger partial charge in [0.15, 0.2) is 0 Å². The number of H-pyrrole nitrogens is 1. The Bertz CT molecular complexity index is 462. The summed E-state index contributed by atoms with van der Waals surface area (Å²) in [5.41, 5.74) is 0.626. The predicted octanol–water partition coefficient (Wildman–Crippen LogP) is 1.92. The van der Waals surface area contributed by atoms with E-state index in [1.807, 2.05) is 20.8 Å². The Morgan fingerprint density at radius 2 is 2.17 bits per heavy atom. The van der Waals surface area contributed by atoms with E-state index in [2.05, 4.69) is 15.3 Å². The Kier molecular flexibility index (Phi) is 6.41. The van der Waals surface area contributed by atoms with Crippen molar-refractivity contribution in [3.63, 3.8) is 0 Å². The van der Waals surface area contributed by atoms with E-state index in [1.165, 1.54) is 0 Å². The van der Waals surface area contributed by atoms with Gasteiger partial charge in [-0.1, -0.05) is 0 Å². The lowest BCUT2D eigenvalue weighted by Gasteiger charge is -2.33. The van der Waals surface area contributed by atoms with E-state index >= 15 is 0 Å². The van der Waals surface area contributed by atoms with Crippen molar-refractivity contribution in [2.75, 3.05) is 26.2 Å². The number of imidazole rings is 1. The number of carbonyl (C=O) groups excluding carboxylic acids is 1. The van der Waals surface area contributed by atoms with Crippen LogP contribution in [0.15, 0.2) is 12.5 Å². The molecule has 2 rings (SSSR count). The van der Waals surface area contributed by atoms with Crippen molar-refractivity contribution in [2.45, 2.75) is 51.9 Å². The smallest absolute Gasteiger partial charge is 0.410 e. The molecule has 1 aliphatic rings. The molecular formula is C16H28N4O3. The third-order valence-corrected chi connectivity index (χ3v) is 3.60. The number of carbonyl (C=O) groups is 1. The number of hydrogen-bond acceptors (Lipinski definition) is 5. The molecule has 0 spiro atoms. The maximum atomic E-state index is 12.0. The largest absolute Gasteiger partial charge is 0.444 e. The second-order valence-corrected chi connectivity index (χ2v) is 6.79. The molecule has 7 nitrogen and oxygen atoms in total. The second kappa shape index (κ2) is 8.31. The van der Waals surface area contributed by atoms with E-state index in [0.29, 0.717) is 19.7 Å². The molecule has 0 radical (unpaired) electrons. The summed E-state index contributed by atoms with van der Waals surface area (Å²) in [6.07, 6.45) is 5.20. The summed E-state index contributed by atoms with van der Waals surface area (Å²) >= 11 is 0. The predicted molar refractivity (Wildman–Crippen MR) is 87.1 cm³/mol. The van der Waals surface area contributed by atoms with Crippen LogP contribution < -0.4 is 5.32 Å². The number of rotatable bonds is 6. The zero-order valence-corrected chi connectivity index (χ0v) is 14.3. The van der Waals surface area contributed by atoms with Gasteiger partial charge < -0.3 is 24.7 Å². The highest BCUT2D eigenvalue weighted by atomic mass is 16.6. The highest BCUT2D eigenvalue weighted by Gasteiger charge is 2.26. The van der Waals surface area contributed by atoms with Crippen molar-refractivity contribution in [1.82, 2.24) is 20.2 Å². The van der Waals surface area contributed by atoms with Gasteiger partial charge in [-0.15, -0.1) is 0 Å². The minimum atomic E-state index is -0.440. The molecule has 1 aliphatic heterocycles. The molecule has 23 heavy (non-hydrogen) atoms. The average molecular weight is 324 g/mol. The molecule has 130 valence electrons. The van der Waals surface area contributed by atoms with Crippen molar-refractivity contribution in [2.24, 2.45) is 0 Å². The van der Waals surface area contributed by atoms with Crippen LogP contribution in [0.5, 0.6) is 0 Å². The molecule has 0 aliphatic carbocycles. The van der Waals surface area contributed by atoms with Crippen LogP contribution >= 0.6 is 0 Å². The lowest BCUT2D eigenvalue weighted by molar-refractivity contribution is -0.0104. The molecule has 7 heteroatoms. The van der Waals surface area contributed by atoms with Crippen molar-refractivity contribution in [3.8, 4) is 0 Å². The highest BCUT2D eigenvalue weighted by Crippen LogP contribution is 2.17. The number of ether oxygens (including phenoxy) is 2. The quantitative estimate of drug-likeness (QED) is 0.782. The van der Waals surface area contributed by atoms with Crippen LogP contribution in [0.25, 0.3) is 0 Å². The lowest BCUT2D eigenvalue weighted by Crippen LogP contribution is -2.43. The Balaban J connectivity index is 1.55. The van der Waals surface area contributed by atoms with Gasteiger partial charge in [-0.2, -0.15) is 0 Å². The number of aromatic nitrogens is 2. The molecule has 0 atom stereocenters. The fourth-order valence-electron chi connectivity index (χ4n) is 2.43. The first-order chi connectivity index (χ1) is 10.9. The van der Waals surface area contributed by atoms with Gasteiger partial charge in [-0.05, 0) is 33.6 Å². The third kappa shape index (κ3) is 6.58. The first-order valence-corrected chi connectivity index (χ1v) is 8.21. The molecular weight excluding hydrogens is 296 g/mol. The lowest BCUT2D eigenvalue weighted by atomic mass is 10.1. The molecule has 0 bridgehead atoms. The van der Waals surface area contributed by atoms with Gasteiger partial charge in [-0.25, -0.2) is 9.78 Å². The molecule has 0 unspecified atom stereocenters. The fraction of sp³-hybridized carbons (Fsp3) is 0.750. The second-order valence-electron chi connectivity index (χ2n) is 6.79. The van der Waals surface area contributed by atoms with E-state index in [4.69, 9.17) is 9.47 Å². The Labute approximate surface area is 137 Å².